The minimum Gasteiger partial charge on any atom is -0.493 e. The Morgan fingerprint density at radius 1 is 1.25 bits per heavy atom. The van der Waals surface area contributed by atoms with E-state index in [1.54, 1.807) is 21.3 Å². The van der Waals surface area contributed by atoms with Crippen LogP contribution in [-0.2, 0) is 6.54 Å². The zero-order chi connectivity index (χ0) is 14.7. The van der Waals surface area contributed by atoms with Crippen LogP contribution in [0.25, 0.3) is 0 Å². The fraction of sp³-hybridized carbons (Fsp3) is 0.571. The number of β-amino-alcohol motifs (C(OH)–C–C–N with tert-alkyl or cyclic N) is 1. The van der Waals surface area contributed by atoms with Gasteiger partial charge >= 0.3 is 0 Å². The van der Waals surface area contributed by atoms with Crippen molar-refractivity contribution in [2.75, 3.05) is 41.0 Å². The number of nitrogens with zero attached hydrogens (tertiary/aromatic N) is 1. The maximum atomic E-state index is 9.18. The smallest absolute Gasteiger partial charge is 0.203 e. The molecule has 0 spiro atoms. The maximum Gasteiger partial charge on any atom is 0.203 e. The van der Waals surface area contributed by atoms with Crippen molar-refractivity contribution >= 4 is 0 Å². The van der Waals surface area contributed by atoms with Gasteiger partial charge in [-0.3, -0.25) is 4.90 Å². The zero-order valence-electron chi connectivity index (χ0n) is 12.2. The molecule has 20 heavy (non-hydrogen) atoms. The summed E-state index contributed by atoms with van der Waals surface area (Å²) in [5, 5.41) is 9.18. The highest BCUT2D eigenvalue weighted by Crippen LogP contribution is 2.48. The summed E-state index contributed by atoms with van der Waals surface area (Å²) in [6.45, 7) is 1.85. The number of fused-ring (bicyclic) bond motifs is 1. The molecule has 1 aliphatic rings. The average Bonchev–Trinajstić information content (AvgIpc) is 2.82. The van der Waals surface area contributed by atoms with Crippen LogP contribution in [0.15, 0.2) is 6.07 Å². The third-order valence-electron chi connectivity index (χ3n) is 3.71. The Balaban J connectivity index is 2.55. The molecule has 1 unspecified atom stereocenters. The van der Waals surface area contributed by atoms with Gasteiger partial charge in [0.2, 0.25) is 5.75 Å². The highest BCUT2D eigenvalue weighted by Gasteiger charge is 2.35. The summed E-state index contributed by atoms with van der Waals surface area (Å²) < 4.78 is 16.3. The number of rotatable bonds is 6. The summed E-state index contributed by atoms with van der Waals surface area (Å²) >= 11 is 0. The molecule has 0 radical (unpaired) electrons. The molecular formula is C14H22N2O4. The number of hydrogen-bond donors (Lipinski definition) is 2. The Hall–Kier alpha value is -1.50. The third kappa shape index (κ3) is 2.30. The molecule has 0 aliphatic carbocycles. The lowest BCUT2D eigenvalue weighted by molar-refractivity contribution is 0.162. The van der Waals surface area contributed by atoms with Gasteiger partial charge in [0, 0.05) is 25.2 Å². The van der Waals surface area contributed by atoms with Gasteiger partial charge < -0.3 is 25.1 Å². The van der Waals surface area contributed by atoms with Crippen LogP contribution in [0, 0.1) is 0 Å². The molecule has 1 aliphatic heterocycles. The molecule has 0 bridgehead atoms. The number of aliphatic hydroxyl groups excluding tert-OH is 1. The van der Waals surface area contributed by atoms with E-state index < -0.39 is 0 Å². The molecule has 2 rings (SSSR count). The quantitative estimate of drug-likeness (QED) is 0.792. The molecule has 1 aromatic carbocycles. The number of ether oxygens (including phenoxy) is 3. The van der Waals surface area contributed by atoms with Crippen molar-refractivity contribution in [2.24, 2.45) is 5.73 Å². The van der Waals surface area contributed by atoms with E-state index in [1.165, 1.54) is 0 Å². The lowest BCUT2D eigenvalue weighted by Gasteiger charge is -2.24. The van der Waals surface area contributed by atoms with E-state index in [4.69, 9.17) is 19.9 Å². The normalized spacial score (nSPS) is 17.9. The summed E-state index contributed by atoms with van der Waals surface area (Å²) in [6, 6.07) is 1.98. The predicted molar refractivity (Wildman–Crippen MR) is 75.4 cm³/mol. The molecule has 0 saturated heterocycles. The van der Waals surface area contributed by atoms with Crippen molar-refractivity contribution in [2.45, 2.75) is 12.6 Å². The van der Waals surface area contributed by atoms with Gasteiger partial charge in [-0.25, -0.2) is 0 Å². The van der Waals surface area contributed by atoms with Crippen molar-refractivity contribution in [3.63, 3.8) is 0 Å². The second kappa shape index (κ2) is 6.30. The number of hydrogen-bond acceptors (Lipinski definition) is 6. The van der Waals surface area contributed by atoms with Gasteiger partial charge in [-0.1, -0.05) is 0 Å². The van der Waals surface area contributed by atoms with Gasteiger partial charge in [0.05, 0.1) is 34.0 Å². The SMILES string of the molecule is COc1cc2c(c(OC)c1OC)C(CN)N(CCO)C2. The first-order valence-corrected chi connectivity index (χ1v) is 6.58. The summed E-state index contributed by atoms with van der Waals surface area (Å²) in [4.78, 5) is 2.13. The summed E-state index contributed by atoms with van der Waals surface area (Å²) in [5.74, 6) is 1.89. The van der Waals surface area contributed by atoms with Gasteiger partial charge in [0.1, 0.15) is 0 Å². The Labute approximate surface area is 119 Å². The molecule has 1 atom stereocenters. The first kappa shape index (κ1) is 14.9. The fourth-order valence-corrected chi connectivity index (χ4v) is 2.87. The highest BCUT2D eigenvalue weighted by atomic mass is 16.5. The van der Waals surface area contributed by atoms with Crippen molar-refractivity contribution in [1.82, 2.24) is 4.90 Å². The molecule has 6 heteroatoms. The highest BCUT2D eigenvalue weighted by molar-refractivity contribution is 5.61. The standard InChI is InChI=1S/C14H22N2O4/c1-18-11-6-9-8-16(4-5-17)10(7-15)12(9)14(20-3)13(11)19-2/h6,10,17H,4-5,7-8,15H2,1-3H3. The Bertz CT molecular complexity index is 479. The predicted octanol–water partition coefficient (Wildman–Crippen LogP) is 0.520. The molecule has 1 heterocycles. The Morgan fingerprint density at radius 3 is 2.45 bits per heavy atom. The second-order valence-corrected chi connectivity index (χ2v) is 4.66. The first-order chi connectivity index (χ1) is 9.71. The van der Waals surface area contributed by atoms with Crippen molar-refractivity contribution in [3.05, 3.63) is 17.2 Å². The van der Waals surface area contributed by atoms with Crippen molar-refractivity contribution in [1.29, 1.82) is 0 Å². The fourth-order valence-electron chi connectivity index (χ4n) is 2.87. The van der Waals surface area contributed by atoms with Crippen LogP contribution in [0.2, 0.25) is 0 Å². The van der Waals surface area contributed by atoms with Crippen molar-refractivity contribution in [3.8, 4) is 17.2 Å². The maximum absolute atomic E-state index is 9.18. The topological polar surface area (TPSA) is 77.2 Å². The van der Waals surface area contributed by atoms with Crippen LogP contribution < -0.4 is 19.9 Å². The van der Waals surface area contributed by atoms with Gasteiger partial charge in [-0.2, -0.15) is 0 Å². The zero-order valence-corrected chi connectivity index (χ0v) is 12.2. The van der Waals surface area contributed by atoms with Crippen LogP contribution in [-0.4, -0.2) is 51.0 Å². The van der Waals surface area contributed by atoms with E-state index >= 15 is 0 Å². The van der Waals surface area contributed by atoms with Crippen LogP contribution in [0.3, 0.4) is 0 Å². The molecule has 0 fully saturated rings. The summed E-state index contributed by atoms with van der Waals surface area (Å²) in [7, 11) is 4.80. The summed E-state index contributed by atoms with van der Waals surface area (Å²) in [5.41, 5.74) is 8.03. The van der Waals surface area contributed by atoms with E-state index in [-0.39, 0.29) is 12.6 Å². The van der Waals surface area contributed by atoms with Crippen LogP contribution in [0.1, 0.15) is 17.2 Å². The van der Waals surface area contributed by atoms with Gasteiger partial charge in [-0.05, 0) is 11.6 Å². The lowest BCUT2D eigenvalue weighted by atomic mass is 10.0. The number of methoxy groups -OCH3 is 3. The monoisotopic (exact) mass is 282 g/mol. The number of benzene rings is 1. The summed E-state index contributed by atoms with van der Waals surface area (Å²) in [6.07, 6.45) is 0. The van der Waals surface area contributed by atoms with Gasteiger partial charge in [0.15, 0.2) is 11.5 Å². The average molecular weight is 282 g/mol. The minimum atomic E-state index is 0.0203. The van der Waals surface area contributed by atoms with Gasteiger partial charge in [0.25, 0.3) is 0 Å². The minimum absolute atomic E-state index is 0.0203. The van der Waals surface area contributed by atoms with E-state index in [1.807, 2.05) is 6.07 Å². The Morgan fingerprint density at radius 2 is 1.95 bits per heavy atom. The first-order valence-electron chi connectivity index (χ1n) is 6.58. The second-order valence-electron chi connectivity index (χ2n) is 4.66. The molecule has 1 aromatic rings. The molecule has 6 nitrogen and oxygen atoms in total. The van der Waals surface area contributed by atoms with E-state index in [0.717, 1.165) is 11.1 Å². The number of aliphatic hydroxyl groups is 1. The molecule has 112 valence electrons. The third-order valence-corrected chi connectivity index (χ3v) is 3.71. The van der Waals surface area contributed by atoms with E-state index in [9.17, 15) is 5.11 Å². The molecular weight excluding hydrogens is 260 g/mol. The van der Waals surface area contributed by atoms with Crippen LogP contribution >= 0.6 is 0 Å². The lowest BCUT2D eigenvalue weighted by Crippen LogP contribution is -2.30. The van der Waals surface area contributed by atoms with Crippen LogP contribution in [0.5, 0.6) is 17.2 Å². The molecule has 0 saturated carbocycles. The van der Waals surface area contributed by atoms with E-state index in [0.29, 0.717) is 36.9 Å². The van der Waals surface area contributed by atoms with Crippen molar-refractivity contribution < 1.29 is 19.3 Å². The number of nitrogens with two attached hydrogens (primary N) is 1. The van der Waals surface area contributed by atoms with E-state index in [2.05, 4.69) is 4.90 Å². The molecule has 3 N–H and O–H groups in total. The van der Waals surface area contributed by atoms with Crippen LogP contribution in [0.4, 0.5) is 0 Å². The molecule has 0 amide bonds. The Kier molecular flexibility index (Phi) is 4.69. The largest absolute Gasteiger partial charge is 0.493 e. The molecule has 0 aromatic heterocycles. The van der Waals surface area contributed by atoms with Gasteiger partial charge in [-0.15, -0.1) is 0 Å².